The molecule has 7 rings (SSSR count). The summed E-state index contributed by atoms with van der Waals surface area (Å²) in [4.78, 5) is 33.7. The molecule has 0 bridgehead atoms. The molecule has 2 saturated carbocycles. The monoisotopic (exact) mass is 459 g/mol. The number of aromatic nitrogens is 3. The SMILES string of the molecule is C[C@@H](Oc1nc(-c2ccc3c(c2)NC(=O)C2(CC2)O3)cc2ncn(C3CC3)c12)[C@H]1CNC(=O)C1. The maximum atomic E-state index is 12.4. The van der Waals surface area contributed by atoms with E-state index < -0.39 is 5.60 Å². The van der Waals surface area contributed by atoms with E-state index in [0.717, 1.165) is 42.3 Å². The lowest BCUT2D eigenvalue weighted by Gasteiger charge is -2.26. The van der Waals surface area contributed by atoms with Gasteiger partial charge in [-0.15, -0.1) is 0 Å². The van der Waals surface area contributed by atoms with Gasteiger partial charge in [-0.25, -0.2) is 9.97 Å². The van der Waals surface area contributed by atoms with Crippen molar-refractivity contribution < 1.29 is 19.1 Å². The first-order valence-electron chi connectivity index (χ1n) is 11.9. The Labute approximate surface area is 195 Å². The Balaban J connectivity index is 1.28. The highest BCUT2D eigenvalue weighted by Gasteiger charge is 2.55. The Morgan fingerprint density at radius 2 is 2.09 bits per heavy atom. The van der Waals surface area contributed by atoms with Crippen LogP contribution in [0.5, 0.6) is 11.6 Å². The van der Waals surface area contributed by atoms with Crippen molar-refractivity contribution in [3.8, 4) is 22.9 Å². The minimum atomic E-state index is -0.672. The lowest BCUT2D eigenvalue weighted by Crippen LogP contribution is -2.38. The van der Waals surface area contributed by atoms with Crippen LogP contribution in [0.3, 0.4) is 0 Å². The lowest BCUT2D eigenvalue weighted by molar-refractivity contribution is -0.125. The van der Waals surface area contributed by atoms with Gasteiger partial charge in [0, 0.05) is 43.3 Å². The summed E-state index contributed by atoms with van der Waals surface area (Å²) in [6.07, 6.45) is 5.88. The van der Waals surface area contributed by atoms with Crippen molar-refractivity contribution in [1.29, 1.82) is 0 Å². The number of rotatable bonds is 5. The van der Waals surface area contributed by atoms with Crippen molar-refractivity contribution in [2.45, 2.75) is 56.8 Å². The molecule has 2 N–H and O–H groups in total. The molecule has 2 aliphatic carbocycles. The van der Waals surface area contributed by atoms with Crippen LogP contribution in [0.4, 0.5) is 5.69 Å². The van der Waals surface area contributed by atoms with Crippen molar-refractivity contribution in [2.24, 2.45) is 5.92 Å². The van der Waals surface area contributed by atoms with Crippen LogP contribution < -0.4 is 20.1 Å². The summed E-state index contributed by atoms with van der Waals surface area (Å²) in [7, 11) is 0. The van der Waals surface area contributed by atoms with Gasteiger partial charge in [0.15, 0.2) is 5.60 Å². The molecule has 34 heavy (non-hydrogen) atoms. The number of nitrogens with one attached hydrogen (secondary N) is 2. The zero-order chi connectivity index (χ0) is 23.0. The Morgan fingerprint density at radius 3 is 2.82 bits per heavy atom. The van der Waals surface area contributed by atoms with E-state index in [1.807, 2.05) is 37.5 Å². The quantitative estimate of drug-likeness (QED) is 0.607. The number of hydrogen-bond acceptors (Lipinski definition) is 6. The number of carbonyl (C=O) groups is 2. The molecule has 2 aromatic heterocycles. The maximum absolute atomic E-state index is 12.4. The van der Waals surface area contributed by atoms with Gasteiger partial charge in [0.1, 0.15) is 17.4 Å². The fraction of sp³-hybridized carbons (Fsp3) is 0.440. The number of hydrogen-bond donors (Lipinski definition) is 2. The number of nitrogens with zero attached hydrogens (tertiary/aromatic N) is 3. The van der Waals surface area contributed by atoms with E-state index in [1.54, 1.807) is 0 Å². The number of imidazole rings is 1. The minimum absolute atomic E-state index is 0.0571. The van der Waals surface area contributed by atoms with Crippen molar-refractivity contribution in [3.05, 3.63) is 30.6 Å². The van der Waals surface area contributed by atoms with Crippen LogP contribution in [0.2, 0.25) is 0 Å². The third kappa shape index (κ3) is 3.13. The van der Waals surface area contributed by atoms with Gasteiger partial charge in [0.05, 0.1) is 23.2 Å². The average Bonchev–Trinajstić information content (AvgIpc) is 3.73. The van der Waals surface area contributed by atoms with Gasteiger partial charge >= 0.3 is 0 Å². The van der Waals surface area contributed by atoms with E-state index in [1.165, 1.54) is 0 Å². The van der Waals surface area contributed by atoms with Gasteiger partial charge < -0.3 is 24.7 Å². The first-order valence-corrected chi connectivity index (χ1v) is 11.9. The van der Waals surface area contributed by atoms with Crippen molar-refractivity contribution in [1.82, 2.24) is 19.9 Å². The molecule has 1 aromatic carbocycles. The molecular formula is C25H25N5O4. The summed E-state index contributed by atoms with van der Waals surface area (Å²) in [5.74, 6) is 1.28. The fourth-order valence-corrected chi connectivity index (χ4v) is 4.93. The number of fused-ring (bicyclic) bond motifs is 2. The number of amides is 2. The number of pyridine rings is 1. The predicted octanol–water partition coefficient (Wildman–Crippen LogP) is 3.20. The second kappa shape index (κ2) is 6.94. The van der Waals surface area contributed by atoms with Crippen LogP contribution in [-0.2, 0) is 9.59 Å². The van der Waals surface area contributed by atoms with Gasteiger partial charge in [-0.2, -0.15) is 0 Å². The zero-order valence-corrected chi connectivity index (χ0v) is 18.8. The molecular weight excluding hydrogens is 434 g/mol. The maximum Gasteiger partial charge on any atom is 0.268 e. The summed E-state index contributed by atoms with van der Waals surface area (Å²) >= 11 is 0. The smallest absolute Gasteiger partial charge is 0.268 e. The molecule has 9 heteroatoms. The number of anilines is 1. The summed E-state index contributed by atoms with van der Waals surface area (Å²) in [6, 6.07) is 8.11. The third-order valence-corrected chi connectivity index (χ3v) is 7.38. The Morgan fingerprint density at radius 1 is 1.24 bits per heavy atom. The van der Waals surface area contributed by atoms with Crippen molar-refractivity contribution in [2.75, 3.05) is 11.9 Å². The number of benzene rings is 1. The molecule has 0 radical (unpaired) electrons. The summed E-state index contributed by atoms with van der Waals surface area (Å²) in [5.41, 5.74) is 3.23. The molecule has 9 nitrogen and oxygen atoms in total. The van der Waals surface area contributed by atoms with Crippen LogP contribution in [0.1, 0.15) is 45.1 Å². The van der Waals surface area contributed by atoms with Crippen LogP contribution in [0, 0.1) is 5.92 Å². The molecule has 1 spiro atoms. The van der Waals surface area contributed by atoms with Crippen LogP contribution in [-0.4, -0.2) is 44.6 Å². The fourth-order valence-electron chi connectivity index (χ4n) is 4.93. The van der Waals surface area contributed by atoms with Gasteiger partial charge in [0.2, 0.25) is 11.8 Å². The number of ether oxygens (including phenoxy) is 2. The minimum Gasteiger partial charge on any atom is -0.475 e. The molecule has 1 saturated heterocycles. The van der Waals surface area contributed by atoms with Gasteiger partial charge in [-0.1, -0.05) is 0 Å². The normalized spacial score (nSPS) is 23.3. The largest absolute Gasteiger partial charge is 0.475 e. The van der Waals surface area contributed by atoms with Crippen LogP contribution >= 0.6 is 0 Å². The topological polar surface area (TPSA) is 107 Å². The van der Waals surface area contributed by atoms with E-state index in [-0.39, 0.29) is 23.8 Å². The van der Waals surface area contributed by atoms with Crippen LogP contribution in [0.25, 0.3) is 22.3 Å². The molecule has 4 aliphatic rings. The predicted molar refractivity (Wildman–Crippen MR) is 124 cm³/mol. The molecule has 174 valence electrons. The van der Waals surface area contributed by atoms with Crippen LogP contribution in [0.15, 0.2) is 30.6 Å². The highest BCUT2D eigenvalue weighted by Crippen LogP contribution is 2.47. The second-order valence-corrected chi connectivity index (χ2v) is 9.92. The Bertz CT molecular complexity index is 1360. The average molecular weight is 460 g/mol. The third-order valence-electron chi connectivity index (χ3n) is 7.38. The zero-order valence-electron chi connectivity index (χ0n) is 18.8. The van der Waals surface area contributed by atoms with E-state index in [0.29, 0.717) is 42.0 Å². The molecule has 0 unspecified atom stereocenters. The second-order valence-electron chi connectivity index (χ2n) is 9.92. The van der Waals surface area contributed by atoms with Crippen molar-refractivity contribution in [3.63, 3.8) is 0 Å². The summed E-state index contributed by atoms with van der Waals surface area (Å²) < 4.78 is 14.5. The summed E-state index contributed by atoms with van der Waals surface area (Å²) in [6.45, 7) is 2.60. The molecule has 2 atom stereocenters. The number of carbonyl (C=O) groups excluding carboxylic acids is 2. The first kappa shape index (κ1) is 19.8. The standard InChI is InChI=1S/C25H25N5O4/c1-13(15-9-21(31)26-11-15)33-23-22-19(27-12-30(22)16-3-4-16)10-17(28-23)14-2-5-20-18(8-14)29-24(32)25(34-20)6-7-25/h2,5,8,10,12-13,15-16H,3-4,6-7,9,11H2,1H3,(H,26,31)(H,29,32)/t13-,15-/m1/s1. The molecule has 3 aromatic rings. The lowest BCUT2D eigenvalue weighted by atomic mass is 10.0. The van der Waals surface area contributed by atoms with Gasteiger partial charge in [-0.05, 0) is 44.0 Å². The Hall–Kier alpha value is -3.62. The molecule has 4 heterocycles. The van der Waals surface area contributed by atoms with E-state index in [2.05, 4.69) is 20.2 Å². The molecule has 2 amide bonds. The van der Waals surface area contributed by atoms with Crippen molar-refractivity contribution >= 4 is 28.5 Å². The van der Waals surface area contributed by atoms with Gasteiger partial charge in [-0.3, -0.25) is 9.59 Å². The van der Waals surface area contributed by atoms with E-state index >= 15 is 0 Å². The highest BCUT2D eigenvalue weighted by atomic mass is 16.5. The van der Waals surface area contributed by atoms with E-state index in [9.17, 15) is 9.59 Å². The van der Waals surface area contributed by atoms with Gasteiger partial charge in [0.25, 0.3) is 5.91 Å². The molecule has 3 fully saturated rings. The first-order chi connectivity index (χ1) is 16.5. The highest BCUT2D eigenvalue weighted by molar-refractivity contribution is 6.03. The Kier molecular flexibility index (Phi) is 4.05. The van der Waals surface area contributed by atoms with E-state index in [4.69, 9.17) is 14.5 Å². The molecule has 2 aliphatic heterocycles. The summed E-state index contributed by atoms with van der Waals surface area (Å²) in [5, 5.41) is 5.88.